The number of unbranched alkanes of at least 4 members (excludes halogenated alkanes) is 1. The van der Waals surface area contributed by atoms with Crippen molar-refractivity contribution >= 4 is 15.6 Å². The van der Waals surface area contributed by atoms with Crippen molar-refractivity contribution < 1.29 is 4.21 Å². The first-order valence-corrected chi connectivity index (χ1v) is 7.85. The van der Waals surface area contributed by atoms with Gasteiger partial charge in [0, 0.05) is 18.3 Å². The number of hydrogen-bond donors (Lipinski definition) is 2. The van der Waals surface area contributed by atoms with E-state index >= 15 is 0 Å². The minimum Gasteiger partial charge on any atom is -0.399 e. The molecule has 0 spiro atoms. The molecule has 1 aromatic carbocycles. The van der Waals surface area contributed by atoms with Crippen LogP contribution in [-0.4, -0.2) is 16.8 Å². The van der Waals surface area contributed by atoms with Gasteiger partial charge < -0.3 is 5.73 Å². The monoisotopic (exact) mass is 269 g/mol. The molecule has 0 aliphatic rings. The Kier molecular flexibility index (Phi) is 5.62. The van der Waals surface area contributed by atoms with Crippen LogP contribution in [0.25, 0.3) is 0 Å². The summed E-state index contributed by atoms with van der Waals surface area (Å²) in [7, 11) is -2.54. The Morgan fingerprint density at radius 2 is 1.94 bits per heavy atom. The zero-order chi connectivity index (χ0) is 13.6. The van der Waals surface area contributed by atoms with E-state index in [-0.39, 0.29) is 6.04 Å². The van der Waals surface area contributed by atoms with Crippen LogP contribution in [0.2, 0.25) is 0 Å². The van der Waals surface area contributed by atoms with E-state index in [1.165, 1.54) is 0 Å². The van der Waals surface area contributed by atoms with Crippen LogP contribution < -0.4 is 10.5 Å². The topological polar surface area (TPSA) is 67.5 Å². The molecule has 5 heteroatoms. The van der Waals surface area contributed by atoms with Crippen LogP contribution in [0.5, 0.6) is 0 Å². The molecule has 102 valence electrons. The molecule has 18 heavy (non-hydrogen) atoms. The van der Waals surface area contributed by atoms with E-state index in [9.17, 15) is 4.21 Å². The van der Waals surface area contributed by atoms with Crippen molar-refractivity contribution in [2.45, 2.75) is 44.6 Å². The highest BCUT2D eigenvalue weighted by Crippen LogP contribution is 2.15. The Morgan fingerprint density at radius 3 is 2.44 bits per heavy atom. The van der Waals surface area contributed by atoms with Gasteiger partial charge in [-0.1, -0.05) is 13.3 Å². The number of nitrogens with two attached hydrogens (primary N) is 1. The number of hydrogen-bond acceptors (Lipinski definition) is 3. The molecule has 4 nitrogen and oxygen atoms in total. The Labute approximate surface area is 110 Å². The van der Waals surface area contributed by atoms with Crippen molar-refractivity contribution in [2.75, 3.05) is 12.3 Å². The van der Waals surface area contributed by atoms with E-state index in [0.717, 1.165) is 12.8 Å². The largest absolute Gasteiger partial charge is 0.399 e. The van der Waals surface area contributed by atoms with E-state index in [4.69, 9.17) is 5.73 Å². The zero-order valence-electron chi connectivity index (χ0n) is 11.3. The van der Waals surface area contributed by atoms with Crippen LogP contribution in [0.15, 0.2) is 33.5 Å². The highest BCUT2D eigenvalue weighted by atomic mass is 32.2. The average molecular weight is 269 g/mol. The van der Waals surface area contributed by atoms with Gasteiger partial charge in [0.15, 0.2) is 0 Å². The van der Waals surface area contributed by atoms with Gasteiger partial charge in [-0.25, -0.2) is 13.3 Å². The summed E-state index contributed by atoms with van der Waals surface area (Å²) in [5.41, 5.74) is 6.31. The van der Waals surface area contributed by atoms with E-state index < -0.39 is 9.92 Å². The van der Waals surface area contributed by atoms with Crippen molar-refractivity contribution in [3.63, 3.8) is 0 Å². The van der Waals surface area contributed by atoms with Crippen LogP contribution in [0.4, 0.5) is 5.69 Å². The summed E-state index contributed by atoms with van der Waals surface area (Å²) < 4.78 is 20.3. The van der Waals surface area contributed by atoms with Crippen LogP contribution in [0.1, 0.15) is 33.6 Å². The molecule has 0 heterocycles. The number of benzene rings is 1. The zero-order valence-corrected chi connectivity index (χ0v) is 12.2. The number of anilines is 1. The third-order valence-corrected chi connectivity index (χ3v) is 4.63. The van der Waals surface area contributed by atoms with Gasteiger partial charge in [0.2, 0.25) is 0 Å². The van der Waals surface area contributed by atoms with Crippen LogP contribution in [0, 0.1) is 0 Å². The van der Waals surface area contributed by atoms with E-state index in [2.05, 4.69) is 16.0 Å². The maximum Gasteiger partial charge on any atom is 0.137 e. The first-order valence-electron chi connectivity index (χ1n) is 6.33. The normalized spacial score (nSPS) is 14.4. The highest BCUT2D eigenvalue weighted by molar-refractivity contribution is 7.91. The number of nitrogen functional groups attached to an aromatic ring is 1. The Bertz CT molecular complexity index is 474. The molecule has 1 aromatic rings. The smallest absolute Gasteiger partial charge is 0.137 e. The lowest BCUT2D eigenvalue weighted by molar-refractivity contribution is 0.643. The summed E-state index contributed by atoms with van der Waals surface area (Å²) in [5.74, 6) is 0. The molecule has 0 aliphatic carbocycles. The van der Waals surface area contributed by atoms with E-state index in [1.54, 1.807) is 24.3 Å². The van der Waals surface area contributed by atoms with E-state index in [1.807, 2.05) is 13.8 Å². The fourth-order valence-electron chi connectivity index (χ4n) is 1.50. The fraction of sp³-hybridized carbons (Fsp3) is 0.538. The quantitative estimate of drug-likeness (QED) is 0.616. The third-order valence-electron chi connectivity index (χ3n) is 2.38. The predicted molar refractivity (Wildman–Crippen MR) is 77.7 cm³/mol. The molecular weight excluding hydrogens is 246 g/mol. The molecule has 0 amide bonds. The van der Waals surface area contributed by atoms with Crippen molar-refractivity contribution in [1.29, 1.82) is 0 Å². The van der Waals surface area contributed by atoms with Crippen molar-refractivity contribution in [3.05, 3.63) is 24.3 Å². The Balaban J connectivity index is 3.07. The van der Waals surface area contributed by atoms with Gasteiger partial charge in [-0.2, -0.15) is 0 Å². The van der Waals surface area contributed by atoms with Gasteiger partial charge in [-0.3, -0.25) is 0 Å². The van der Waals surface area contributed by atoms with Crippen molar-refractivity contribution in [2.24, 2.45) is 4.36 Å². The minimum absolute atomic E-state index is 0.112. The number of nitrogens with zero attached hydrogens (tertiary/aromatic N) is 1. The molecule has 0 fully saturated rings. The predicted octanol–water partition coefficient (Wildman–Crippen LogP) is 2.81. The van der Waals surface area contributed by atoms with Gasteiger partial charge in [-0.05, 0) is 44.5 Å². The lowest BCUT2D eigenvalue weighted by Crippen LogP contribution is -2.30. The average Bonchev–Trinajstić information content (AvgIpc) is 2.29. The molecule has 0 bridgehead atoms. The summed E-state index contributed by atoms with van der Waals surface area (Å²) in [4.78, 5) is 0.696. The summed E-state index contributed by atoms with van der Waals surface area (Å²) >= 11 is 0. The molecule has 0 saturated carbocycles. The lowest BCUT2D eigenvalue weighted by atomic mass is 10.3. The molecule has 1 unspecified atom stereocenters. The molecule has 1 atom stereocenters. The molecular formula is C13H23N3OS. The second-order valence-electron chi connectivity index (χ2n) is 4.57. The Hall–Kier alpha value is -1.07. The maximum absolute atomic E-state index is 12.9. The highest BCUT2D eigenvalue weighted by Gasteiger charge is 2.13. The first-order chi connectivity index (χ1) is 8.48. The summed E-state index contributed by atoms with van der Waals surface area (Å²) in [5, 5.41) is 0. The molecule has 0 radical (unpaired) electrons. The van der Waals surface area contributed by atoms with E-state index in [0.29, 0.717) is 17.1 Å². The number of nitrogens with one attached hydrogen (secondary N) is 1. The van der Waals surface area contributed by atoms with Crippen molar-refractivity contribution in [3.8, 4) is 0 Å². The Morgan fingerprint density at radius 1 is 1.33 bits per heavy atom. The van der Waals surface area contributed by atoms with Gasteiger partial charge >= 0.3 is 0 Å². The lowest BCUT2D eigenvalue weighted by Gasteiger charge is -2.15. The van der Waals surface area contributed by atoms with Gasteiger partial charge in [-0.15, -0.1) is 0 Å². The van der Waals surface area contributed by atoms with Gasteiger partial charge in [0.25, 0.3) is 0 Å². The van der Waals surface area contributed by atoms with Gasteiger partial charge in [0.1, 0.15) is 9.92 Å². The minimum atomic E-state index is -2.54. The molecule has 0 aromatic heterocycles. The SMILES string of the molecule is CCCCN=S(=O)(NC(C)C)c1ccc(N)cc1. The molecule has 3 N–H and O–H groups in total. The maximum atomic E-state index is 12.9. The molecule has 0 saturated heterocycles. The molecule has 1 rings (SSSR count). The fourth-order valence-corrected chi connectivity index (χ4v) is 3.39. The summed E-state index contributed by atoms with van der Waals surface area (Å²) in [6.45, 7) is 6.63. The second-order valence-corrected chi connectivity index (χ2v) is 6.59. The van der Waals surface area contributed by atoms with Crippen LogP contribution >= 0.6 is 0 Å². The summed E-state index contributed by atoms with van der Waals surface area (Å²) in [6, 6.07) is 7.18. The number of rotatable bonds is 6. The van der Waals surface area contributed by atoms with Gasteiger partial charge in [0.05, 0.1) is 4.90 Å². The van der Waals surface area contributed by atoms with Crippen LogP contribution in [0.3, 0.4) is 0 Å². The van der Waals surface area contributed by atoms with Crippen molar-refractivity contribution in [1.82, 2.24) is 4.72 Å². The summed E-state index contributed by atoms with van der Waals surface area (Å²) in [6.07, 6.45) is 1.99. The third kappa shape index (κ3) is 4.31. The second kappa shape index (κ2) is 6.75. The first kappa shape index (κ1) is 15.0. The standard InChI is InChI=1S/C13H23N3OS/c1-4-5-10-15-18(17,16-11(2)3)13-8-6-12(14)7-9-13/h6-9,11H,4-5,10,14H2,1-3H3,(H,15,16,17). The van der Waals surface area contributed by atoms with Crippen LogP contribution in [-0.2, 0) is 9.92 Å². The molecule has 0 aliphatic heterocycles.